The van der Waals surface area contributed by atoms with Gasteiger partial charge in [0.15, 0.2) is 0 Å². The maximum Gasteiger partial charge on any atom is 0.282 e. The zero-order chi connectivity index (χ0) is 13.8. The molecule has 0 aromatic heterocycles. The summed E-state index contributed by atoms with van der Waals surface area (Å²) in [5.74, 6) is 0. The molecule has 1 unspecified atom stereocenters. The molecule has 0 saturated carbocycles. The number of nitrogens with one attached hydrogen (secondary N) is 1. The first-order chi connectivity index (χ1) is 8.39. The highest BCUT2D eigenvalue weighted by molar-refractivity contribution is 7.86. The standard InChI is InChI=1S/C11H26N4O2S/c1-5-15(11(2)10-13(3)4)18(16,17)14-8-6-12-7-9-14/h11-12H,5-10H2,1-4H3. The first kappa shape index (κ1) is 15.8. The maximum atomic E-state index is 12.5. The van der Waals surface area contributed by atoms with Gasteiger partial charge in [0.25, 0.3) is 10.2 Å². The van der Waals surface area contributed by atoms with Gasteiger partial charge in [-0.1, -0.05) is 6.92 Å². The van der Waals surface area contributed by atoms with Crippen LogP contribution in [0.1, 0.15) is 13.8 Å². The van der Waals surface area contributed by atoms with Crippen LogP contribution in [-0.4, -0.2) is 81.3 Å². The van der Waals surface area contributed by atoms with Gasteiger partial charge in [-0.25, -0.2) is 0 Å². The van der Waals surface area contributed by atoms with Crippen molar-refractivity contribution in [1.29, 1.82) is 0 Å². The zero-order valence-corrected chi connectivity index (χ0v) is 12.7. The lowest BCUT2D eigenvalue weighted by Crippen LogP contribution is -2.54. The molecule has 0 bridgehead atoms. The molecule has 18 heavy (non-hydrogen) atoms. The second-order valence-electron chi connectivity index (χ2n) is 4.97. The minimum absolute atomic E-state index is 0.00937. The highest BCUT2D eigenvalue weighted by atomic mass is 32.2. The Hall–Kier alpha value is -0.210. The molecule has 1 N–H and O–H groups in total. The van der Waals surface area contributed by atoms with Crippen molar-refractivity contribution in [1.82, 2.24) is 18.8 Å². The second-order valence-corrected chi connectivity index (χ2v) is 6.85. The van der Waals surface area contributed by atoms with Crippen LogP contribution in [0.3, 0.4) is 0 Å². The van der Waals surface area contributed by atoms with E-state index in [0.717, 1.165) is 19.6 Å². The van der Waals surface area contributed by atoms with Gasteiger partial charge in [0, 0.05) is 45.3 Å². The van der Waals surface area contributed by atoms with Crippen molar-refractivity contribution in [2.45, 2.75) is 19.9 Å². The molecule has 0 amide bonds. The van der Waals surface area contributed by atoms with E-state index in [1.165, 1.54) is 0 Å². The highest BCUT2D eigenvalue weighted by Gasteiger charge is 2.32. The molecule has 7 heteroatoms. The van der Waals surface area contributed by atoms with Crippen LogP contribution in [-0.2, 0) is 10.2 Å². The van der Waals surface area contributed by atoms with E-state index in [2.05, 4.69) is 5.32 Å². The van der Waals surface area contributed by atoms with Gasteiger partial charge in [-0.05, 0) is 21.0 Å². The summed E-state index contributed by atoms with van der Waals surface area (Å²) in [5, 5.41) is 3.17. The first-order valence-electron chi connectivity index (χ1n) is 6.52. The minimum Gasteiger partial charge on any atom is -0.314 e. The molecule has 1 saturated heterocycles. The van der Waals surface area contributed by atoms with E-state index in [0.29, 0.717) is 19.6 Å². The molecule has 1 aliphatic heterocycles. The largest absolute Gasteiger partial charge is 0.314 e. The summed E-state index contributed by atoms with van der Waals surface area (Å²) in [7, 11) is 0.601. The molecular weight excluding hydrogens is 252 g/mol. The minimum atomic E-state index is -3.32. The monoisotopic (exact) mass is 278 g/mol. The Kier molecular flexibility index (Phi) is 6.00. The van der Waals surface area contributed by atoms with Gasteiger partial charge in [-0.3, -0.25) is 0 Å². The molecule has 0 aliphatic carbocycles. The number of likely N-dealkylation sites (N-methyl/N-ethyl adjacent to an activating group) is 2. The number of hydrogen-bond donors (Lipinski definition) is 1. The maximum absolute atomic E-state index is 12.5. The predicted octanol–water partition coefficient (Wildman–Crippen LogP) is -0.592. The average molecular weight is 278 g/mol. The van der Waals surface area contributed by atoms with Gasteiger partial charge in [0.1, 0.15) is 0 Å². The van der Waals surface area contributed by atoms with E-state index in [9.17, 15) is 8.42 Å². The summed E-state index contributed by atoms with van der Waals surface area (Å²) in [6.45, 7) is 7.70. The summed E-state index contributed by atoms with van der Waals surface area (Å²) < 4.78 is 28.3. The molecule has 6 nitrogen and oxygen atoms in total. The van der Waals surface area contributed by atoms with Gasteiger partial charge in [-0.15, -0.1) is 0 Å². The van der Waals surface area contributed by atoms with Gasteiger partial charge >= 0.3 is 0 Å². The Balaban J connectivity index is 2.78. The van der Waals surface area contributed by atoms with E-state index >= 15 is 0 Å². The van der Waals surface area contributed by atoms with Gasteiger partial charge < -0.3 is 10.2 Å². The predicted molar refractivity (Wildman–Crippen MR) is 73.8 cm³/mol. The highest BCUT2D eigenvalue weighted by Crippen LogP contribution is 2.13. The third-order valence-corrected chi connectivity index (χ3v) is 5.36. The van der Waals surface area contributed by atoms with Crippen LogP contribution in [0, 0.1) is 0 Å². The molecule has 1 aliphatic rings. The van der Waals surface area contributed by atoms with Crippen LogP contribution in [0.25, 0.3) is 0 Å². The van der Waals surface area contributed by atoms with Gasteiger partial charge in [-0.2, -0.15) is 17.0 Å². The van der Waals surface area contributed by atoms with E-state index in [4.69, 9.17) is 0 Å². The summed E-state index contributed by atoms with van der Waals surface area (Å²) in [5.41, 5.74) is 0. The van der Waals surface area contributed by atoms with Crippen LogP contribution in [0.15, 0.2) is 0 Å². The zero-order valence-electron chi connectivity index (χ0n) is 11.9. The number of hydrogen-bond acceptors (Lipinski definition) is 4. The number of rotatable bonds is 6. The van der Waals surface area contributed by atoms with Crippen molar-refractivity contribution < 1.29 is 8.42 Å². The molecule has 0 aromatic carbocycles. The fourth-order valence-corrected chi connectivity index (χ4v) is 4.13. The smallest absolute Gasteiger partial charge is 0.282 e. The lowest BCUT2D eigenvalue weighted by molar-refractivity contribution is 0.246. The molecule has 0 aromatic rings. The molecule has 108 valence electrons. The van der Waals surface area contributed by atoms with Crippen molar-refractivity contribution >= 4 is 10.2 Å². The van der Waals surface area contributed by atoms with Crippen LogP contribution in [0.4, 0.5) is 0 Å². The molecule has 1 fully saturated rings. The Labute approximate surface area is 111 Å². The summed E-state index contributed by atoms with van der Waals surface area (Å²) >= 11 is 0. The Morgan fingerprint density at radius 3 is 2.28 bits per heavy atom. The quantitative estimate of drug-likeness (QED) is 0.705. The fraction of sp³-hybridized carbons (Fsp3) is 1.00. The third kappa shape index (κ3) is 3.89. The molecular formula is C11H26N4O2S. The fourth-order valence-electron chi connectivity index (χ4n) is 2.35. The van der Waals surface area contributed by atoms with Crippen molar-refractivity contribution in [3.8, 4) is 0 Å². The van der Waals surface area contributed by atoms with Crippen LogP contribution >= 0.6 is 0 Å². The number of nitrogens with zero attached hydrogens (tertiary/aromatic N) is 3. The van der Waals surface area contributed by atoms with Crippen LogP contribution < -0.4 is 5.32 Å². The van der Waals surface area contributed by atoms with E-state index in [1.54, 1.807) is 8.61 Å². The molecule has 0 spiro atoms. The topological polar surface area (TPSA) is 55.9 Å². The van der Waals surface area contributed by atoms with Crippen molar-refractivity contribution in [2.24, 2.45) is 0 Å². The average Bonchev–Trinajstić information content (AvgIpc) is 2.29. The number of piperazine rings is 1. The Morgan fingerprint density at radius 2 is 1.83 bits per heavy atom. The summed E-state index contributed by atoms with van der Waals surface area (Å²) in [6.07, 6.45) is 0. The summed E-state index contributed by atoms with van der Waals surface area (Å²) in [4.78, 5) is 2.01. The van der Waals surface area contributed by atoms with Gasteiger partial charge in [0.05, 0.1) is 0 Å². The van der Waals surface area contributed by atoms with Crippen molar-refractivity contribution in [2.75, 3.05) is 53.4 Å². The van der Waals surface area contributed by atoms with Crippen molar-refractivity contribution in [3.63, 3.8) is 0 Å². The third-order valence-electron chi connectivity index (χ3n) is 3.13. The SMILES string of the molecule is CCN(C(C)CN(C)C)S(=O)(=O)N1CCNCC1. The molecule has 1 heterocycles. The second kappa shape index (κ2) is 6.81. The molecule has 0 radical (unpaired) electrons. The first-order valence-corrected chi connectivity index (χ1v) is 7.91. The van der Waals surface area contributed by atoms with E-state index < -0.39 is 10.2 Å². The summed E-state index contributed by atoms with van der Waals surface area (Å²) in [6, 6.07) is -0.00937. The van der Waals surface area contributed by atoms with Crippen molar-refractivity contribution in [3.05, 3.63) is 0 Å². The lowest BCUT2D eigenvalue weighted by Gasteiger charge is -2.35. The van der Waals surface area contributed by atoms with E-state index in [1.807, 2.05) is 32.8 Å². The van der Waals surface area contributed by atoms with Crippen LogP contribution in [0.2, 0.25) is 0 Å². The normalized spacial score (nSPS) is 20.6. The lowest BCUT2D eigenvalue weighted by atomic mass is 10.3. The molecule has 1 atom stereocenters. The van der Waals surface area contributed by atoms with Gasteiger partial charge in [0.2, 0.25) is 0 Å². The Morgan fingerprint density at radius 1 is 1.28 bits per heavy atom. The Bertz CT molecular complexity index is 339. The van der Waals surface area contributed by atoms with Crippen LogP contribution in [0.5, 0.6) is 0 Å². The van der Waals surface area contributed by atoms with E-state index in [-0.39, 0.29) is 6.04 Å². The molecule has 1 rings (SSSR count).